The van der Waals surface area contributed by atoms with Crippen LogP contribution in [-0.4, -0.2) is 28.0 Å². The Morgan fingerprint density at radius 3 is 2.45 bits per heavy atom. The minimum absolute atomic E-state index is 0.308. The highest BCUT2D eigenvalue weighted by Crippen LogP contribution is 2.21. The second-order valence-electron chi connectivity index (χ2n) is 7.05. The van der Waals surface area contributed by atoms with Gasteiger partial charge in [0.2, 0.25) is 11.8 Å². The van der Waals surface area contributed by atoms with E-state index < -0.39 is 0 Å². The SMILES string of the molecule is Fc1ccc(Oc2ccnc(NCc3ccc(N4CCCCCC4)nc3)n2)cc1. The number of nitrogens with one attached hydrogen (secondary N) is 1. The number of nitrogens with zero attached hydrogens (tertiary/aromatic N) is 4. The average Bonchev–Trinajstić information content (AvgIpc) is 3.04. The van der Waals surface area contributed by atoms with E-state index in [0.717, 1.165) is 24.5 Å². The minimum atomic E-state index is -0.308. The third-order valence-corrected chi connectivity index (χ3v) is 4.86. The minimum Gasteiger partial charge on any atom is -0.439 e. The lowest BCUT2D eigenvalue weighted by Crippen LogP contribution is -2.24. The molecule has 1 N–H and O–H groups in total. The molecular formula is C22H24FN5O. The van der Waals surface area contributed by atoms with E-state index in [1.807, 2.05) is 6.20 Å². The Labute approximate surface area is 169 Å². The van der Waals surface area contributed by atoms with Crippen LogP contribution >= 0.6 is 0 Å². The molecular weight excluding hydrogens is 369 g/mol. The first-order chi connectivity index (χ1) is 14.3. The fraction of sp³-hybridized carbons (Fsp3) is 0.318. The Bertz CT molecular complexity index is 909. The fourth-order valence-electron chi connectivity index (χ4n) is 3.30. The van der Waals surface area contributed by atoms with Crippen molar-refractivity contribution in [3.63, 3.8) is 0 Å². The number of hydrogen-bond acceptors (Lipinski definition) is 6. The molecule has 1 aliphatic rings. The number of halogens is 1. The van der Waals surface area contributed by atoms with Gasteiger partial charge >= 0.3 is 0 Å². The molecule has 1 fully saturated rings. The number of aromatic nitrogens is 3. The van der Waals surface area contributed by atoms with Crippen molar-refractivity contribution in [2.24, 2.45) is 0 Å². The molecule has 1 saturated heterocycles. The number of pyridine rings is 1. The van der Waals surface area contributed by atoms with Crippen LogP contribution in [0.2, 0.25) is 0 Å². The molecule has 0 aliphatic carbocycles. The Morgan fingerprint density at radius 1 is 0.931 bits per heavy atom. The van der Waals surface area contributed by atoms with E-state index >= 15 is 0 Å². The van der Waals surface area contributed by atoms with Gasteiger partial charge in [0.05, 0.1) is 0 Å². The van der Waals surface area contributed by atoms with Gasteiger partial charge < -0.3 is 15.0 Å². The summed E-state index contributed by atoms with van der Waals surface area (Å²) in [7, 11) is 0. The maximum atomic E-state index is 13.0. The Hall–Kier alpha value is -3.22. The van der Waals surface area contributed by atoms with Crippen molar-refractivity contribution >= 4 is 11.8 Å². The van der Waals surface area contributed by atoms with Crippen molar-refractivity contribution in [3.8, 4) is 11.6 Å². The Kier molecular flexibility index (Phi) is 6.14. The molecule has 0 bridgehead atoms. The molecule has 29 heavy (non-hydrogen) atoms. The number of benzene rings is 1. The van der Waals surface area contributed by atoms with Gasteiger partial charge in [-0.05, 0) is 48.7 Å². The maximum Gasteiger partial charge on any atom is 0.226 e. The summed E-state index contributed by atoms with van der Waals surface area (Å²) < 4.78 is 18.6. The van der Waals surface area contributed by atoms with Crippen molar-refractivity contribution in [3.05, 3.63) is 66.2 Å². The molecule has 0 saturated carbocycles. The second kappa shape index (κ2) is 9.32. The van der Waals surface area contributed by atoms with Gasteiger partial charge in [0.1, 0.15) is 17.4 Å². The molecule has 4 rings (SSSR count). The monoisotopic (exact) mass is 393 g/mol. The van der Waals surface area contributed by atoms with E-state index in [2.05, 4.69) is 37.3 Å². The Balaban J connectivity index is 1.34. The van der Waals surface area contributed by atoms with Crippen molar-refractivity contribution < 1.29 is 9.13 Å². The molecule has 0 spiro atoms. The van der Waals surface area contributed by atoms with Crippen molar-refractivity contribution in [2.45, 2.75) is 32.2 Å². The topological polar surface area (TPSA) is 63.2 Å². The number of rotatable bonds is 6. The molecule has 0 atom stereocenters. The van der Waals surface area contributed by atoms with Gasteiger partial charge in [0, 0.05) is 38.1 Å². The second-order valence-corrected chi connectivity index (χ2v) is 7.05. The van der Waals surface area contributed by atoms with Gasteiger partial charge in [-0.2, -0.15) is 4.98 Å². The van der Waals surface area contributed by atoms with E-state index in [-0.39, 0.29) is 5.82 Å². The predicted molar refractivity (Wildman–Crippen MR) is 111 cm³/mol. The van der Waals surface area contributed by atoms with Gasteiger partial charge in [-0.3, -0.25) is 0 Å². The van der Waals surface area contributed by atoms with Gasteiger partial charge in [0.25, 0.3) is 0 Å². The zero-order valence-electron chi connectivity index (χ0n) is 16.2. The summed E-state index contributed by atoms with van der Waals surface area (Å²) in [6.45, 7) is 2.73. The van der Waals surface area contributed by atoms with Crippen LogP contribution in [0.25, 0.3) is 0 Å². The molecule has 3 aromatic rings. The number of ether oxygens (including phenoxy) is 1. The fourth-order valence-corrected chi connectivity index (χ4v) is 3.30. The van der Waals surface area contributed by atoms with Crippen LogP contribution in [0.15, 0.2) is 54.9 Å². The van der Waals surface area contributed by atoms with Crippen molar-refractivity contribution in [1.29, 1.82) is 0 Å². The van der Waals surface area contributed by atoms with Crippen LogP contribution in [0.3, 0.4) is 0 Å². The summed E-state index contributed by atoms with van der Waals surface area (Å²) in [5.74, 6) is 2.11. The maximum absolute atomic E-state index is 13.0. The van der Waals surface area contributed by atoms with Crippen molar-refractivity contribution in [2.75, 3.05) is 23.3 Å². The normalized spacial score (nSPS) is 14.3. The summed E-state index contributed by atoms with van der Waals surface area (Å²) >= 11 is 0. The van der Waals surface area contributed by atoms with E-state index in [4.69, 9.17) is 4.74 Å². The lowest BCUT2D eigenvalue weighted by atomic mass is 10.2. The number of hydrogen-bond donors (Lipinski definition) is 1. The van der Waals surface area contributed by atoms with Crippen LogP contribution < -0.4 is 15.0 Å². The molecule has 7 heteroatoms. The molecule has 6 nitrogen and oxygen atoms in total. The highest BCUT2D eigenvalue weighted by Gasteiger charge is 2.11. The highest BCUT2D eigenvalue weighted by molar-refractivity contribution is 5.40. The molecule has 0 unspecified atom stereocenters. The van der Waals surface area contributed by atoms with Crippen LogP contribution in [-0.2, 0) is 6.54 Å². The van der Waals surface area contributed by atoms with Gasteiger partial charge in [-0.25, -0.2) is 14.4 Å². The summed E-state index contributed by atoms with van der Waals surface area (Å²) in [5, 5.41) is 3.19. The van der Waals surface area contributed by atoms with Gasteiger partial charge in [0.15, 0.2) is 0 Å². The molecule has 150 valence electrons. The zero-order valence-corrected chi connectivity index (χ0v) is 16.2. The first-order valence-electron chi connectivity index (χ1n) is 9.96. The first-order valence-corrected chi connectivity index (χ1v) is 9.96. The average molecular weight is 393 g/mol. The smallest absolute Gasteiger partial charge is 0.226 e. The van der Waals surface area contributed by atoms with Crippen molar-refractivity contribution in [1.82, 2.24) is 15.0 Å². The van der Waals surface area contributed by atoms with Crippen LogP contribution in [0.5, 0.6) is 11.6 Å². The Morgan fingerprint density at radius 2 is 1.72 bits per heavy atom. The lowest BCUT2D eigenvalue weighted by molar-refractivity contribution is 0.460. The molecule has 0 radical (unpaired) electrons. The third-order valence-electron chi connectivity index (χ3n) is 4.86. The lowest BCUT2D eigenvalue weighted by Gasteiger charge is -2.21. The summed E-state index contributed by atoms with van der Waals surface area (Å²) in [5.41, 5.74) is 1.05. The quantitative estimate of drug-likeness (QED) is 0.649. The molecule has 1 aromatic carbocycles. The van der Waals surface area contributed by atoms with E-state index in [9.17, 15) is 4.39 Å². The van der Waals surface area contributed by atoms with E-state index in [1.54, 1.807) is 24.4 Å². The molecule has 3 heterocycles. The van der Waals surface area contributed by atoms with Crippen LogP contribution in [0, 0.1) is 5.82 Å². The van der Waals surface area contributed by atoms with Gasteiger partial charge in [-0.1, -0.05) is 18.9 Å². The van der Waals surface area contributed by atoms with E-state index in [0.29, 0.717) is 24.1 Å². The molecule has 1 aliphatic heterocycles. The molecule has 2 aromatic heterocycles. The largest absolute Gasteiger partial charge is 0.439 e. The first kappa shape index (κ1) is 19.1. The van der Waals surface area contributed by atoms with Crippen LogP contribution in [0.1, 0.15) is 31.2 Å². The summed E-state index contributed by atoms with van der Waals surface area (Å²) in [6.07, 6.45) is 8.60. The predicted octanol–water partition coefficient (Wildman–Crippen LogP) is 4.80. The van der Waals surface area contributed by atoms with Gasteiger partial charge in [-0.15, -0.1) is 0 Å². The van der Waals surface area contributed by atoms with E-state index in [1.165, 1.54) is 37.8 Å². The highest BCUT2D eigenvalue weighted by atomic mass is 19.1. The molecule has 0 amide bonds. The standard InChI is InChI=1S/C22H24FN5O/c23-18-6-8-19(9-7-18)29-21-11-12-24-22(27-21)26-16-17-5-10-20(25-15-17)28-13-3-1-2-4-14-28/h5-12,15H,1-4,13-14,16H2,(H,24,26,27). The summed E-state index contributed by atoms with van der Waals surface area (Å²) in [4.78, 5) is 15.6. The number of anilines is 2. The third kappa shape index (κ3) is 5.40. The van der Waals surface area contributed by atoms with Crippen LogP contribution in [0.4, 0.5) is 16.2 Å². The zero-order chi connectivity index (χ0) is 19.9. The summed E-state index contributed by atoms with van der Waals surface area (Å²) in [6, 6.07) is 11.6.